The second-order valence-corrected chi connectivity index (χ2v) is 7.15. The lowest BCUT2D eigenvalue weighted by atomic mass is 9.86. The van der Waals surface area contributed by atoms with Crippen molar-refractivity contribution in [2.75, 3.05) is 32.6 Å². The van der Waals surface area contributed by atoms with E-state index in [-0.39, 0.29) is 0 Å². The van der Waals surface area contributed by atoms with Gasteiger partial charge in [-0.05, 0) is 60.2 Å². The molecule has 0 saturated heterocycles. The Balaban J connectivity index is 1.84. The molecule has 2 aromatic rings. The first-order valence-electron chi connectivity index (χ1n) is 9.12. The average Bonchev–Trinajstić information content (AvgIpc) is 2.62. The number of hydrogen-bond donors (Lipinski definition) is 1. The molecule has 3 nitrogen and oxygen atoms in total. The SMILES string of the molecule is COc1ccc([C@@H](CCNCc2ccc(N(C)C)cc2)C(C)C)cc1. The fourth-order valence-electron chi connectivity index (χ4n) is 3.14. The van der Waals surface area contributed by atoms with Gasteiger partial charge in [0.15, 0.2) is 0 Å². The van der Waals surface area contributed by atoms with Gasteiger partial charge in [-0.2, -0.15) is 0 Å². The minimum absolute atomic E-state index is 0.564. The molecule has 0 heterocycles. The van der Waals surface area contributed by atoms with Crippen molar-refractivity contribution in [1.29, 1.82) is 0 Å². The van der Waals surface area contributed by atoms with E-state index in [1.165, 1.54) is 16.8 Å². The van der Waals surface area contributed by atoms with E-state index in [9.17, 15) is 0 Å². The van der Waals surface area contributed by atoms with Crippen LogP contribution in [0, 0.1) is 5.92 Å². The molecule has 0 aliphatic rings. The number of rotatable bonds is 9. The smallest absolute Gasteiger partial charge is 0.118 e. The first-order chi connectivity index (χ1) is 12.0. The van der Waals surface area contributed by atoms with Crippen molar-refractivity contribution in [3.05, 3.63) is 59.7 Å². The second-order valence-electron chi connectivity index (χ2n) is 7.15. The maximum absolute atomic E-state index is 5.26. The normalized spacial score (nSPS) is 12.2. The van der Waals surface area contributed by atoms with E-state index in [1.54, 1.807) is 7.11 Å². The van der Waals surface area contributed by atoms with Gasteiger partial charge >= 0.3 is 0 Å². The summed E-state index contributed by atoms with van der Waals surface area (Å²) >= 11 is 0. The largest absolute Gasteiger partial charge is 0.497 e. The highest BCUT2D eigenvalue weighted by Gasteiger charge is 2.15. The van der Waals surface area contributed by atoms with Gasteiger partial charge in [0.25, 0.3) is 0 Å². The first-order valence-corrected chi connectivity index (χ1v) is 9.12. The molecular weight excluding hydrogens is 308 g/mol. The third kappa shape index (κ3) is 5.79. The van der Waals surface area contributed by atoms with Crippen LogP contribution in [0.3, 0.4) is 0 Å². The number of hydrogen-bond acceptors (Lipinski definition) is 3. The monoisotopic (exact) mass is 340 g/mol. The first kappa shape index (κ1) is 19.3. The predicted octanol–water partition coefficient (Wildman–Crippen LogP) is 4.68. The molecule has 0 unspecified atom stereocenters. The van der Waals surface area contributed by atoms with E-state index < -0.39 is 0 Å². The molecule has 2 rings (SSSR count). The Kier molecular flexibility index (Phi) is 7.32. The van der Waals surface area contributed by atoms with Crippen molar-refractivity contribution in [1.82, 2.24) is 5.32 Å². The number of nitrogens with one attached hydrogen (secondary N) is 1. The standard InChI is InChI=1S/C22H32N2O/c1-17(2)22(19-8-12-21(25-5)13-9-19)14-15-23-16-18-6-10-20(11-7-18)24(3)4/h6-13,17,22-23H,14-16H2,1-5H3/t22-/m0/s1. The summed E-state index contributed by atoms with van der Waals surface area (Å²) in [4.78, 5) is 2.12. The molecule has 3 heteroatoms. The van der Waals surface area contributed by atoms with Gasteiger partial charge in [0.2, 0.25) is 0 Å². The molecule has 25 heavy (non-hydrogen) atoms. The Labute approximate surface area is 153 Å². The van der Waals surface area contributed by atoms with Gasteiger partial charge in [0.05, 0.1) is 7.11 Å². The van der Waals surface area contributed by atoms with Crippen molar-refractivity contribution in [2.24, 2.45) is 5.92 Å². The van der Waals surface area contributed by atoms with Crippen LogP contribution < -0.4 is 15.0 Å². The van der Waals surface area contributed by atoms with Crippen LogP contribution in [0.5, 0.6) is 5.75 Å². The Morgan fingerprint density at radius 1 is 0.960 bits per heavy atom. The molecule has 0 aliphatic carbocycles. The number of benzene rings is 2. The number of anilines is 1. The van der Waals surface area contributed by atoms with E-state index in [2.05, 4.69) is 86.7 Å². The zero-order valence-corrected chi connectivity index (χ0v) is 16.3. The molecule has 0 spiro atoms. The van der Waals surface area contributed by atoms with Crippen molar-refractivity contribution >= 4 is 5.69 Å². The summed E-state index contributed by atoms with van der Waals surface area (Å²) in [5.41, 5.74) is 3.97. The van der Waals surface area contributed by atoms with E-state index in [1.807, 2.05) is 0 Å². The zero-order valence-electron chi connectivity index (χ0n) is 16.3. The summed E-state index contributed by atoms with van der Waals surface area (Å²) < 4.78 is 5.26. The fourth-order valence-corrected chi connectivity index (χ4v) is 3.14. The van der Waals surface area contributed by atoms with Crippen molar-refractivity contribution in [2.45, 2.75) is 32.7 Å². The van der Waals surface area contributed by atoms with Gasteiger partial charge in [-0.1, -0.05) is 38.1 Å². The lowest BCUT2D eigenvalue weighted by Gasteiger charge is -2.22. The Morgan fingerprint density at radius 2 is 1.60 bits per heavy atom. The lowest BCUT2D eigenvalue weighted by Crippen LogP contribution is -2.19. The van der Waals surface area contributed by atoms with Crippen LogP contribution in [-0.2, 0) is 6.54 Å². The molecule has 0 radical (unpaired) electrons. The van der Waals surface area contributed by atoms with Crippen LogP contribution in [-0.4, -0.2) is 27.7 Å². The van der Waals surface area contributed by atoms with Crippen molar-refractivity contribution in [3.8, 4) is 5.75 Å². The van der Waals surface area contributed by atoms with Crippen LogP contribution in [0.4, 0.5) is 5.69 Å². The van der Waals surface area contributed by atoms with Crippen LogP contribution in [0.1, 0.15) is 37.3 Å². The fraction of sp³-hybridized carbons (Fsp3) is 0.455. The van der Waals surface area contributed by atoms with Gasteiger partial charge in [0, 0.05) is 26.3 Å². The van der Waals surface area contributed by atoms with Gasteiger partial charge in [-0.15, -0.1) is 0 Å². The predicted molar refractivity (Wildman–Crippen MR) is 108 cm³/mol. The van der Waals surface area contributed by atoms with Gasteiger partial charge in [-0.25, -0.2) is 0 Å². The lowest BCUT2D eigenvalue weighted by molar-refractivity contribution is 0.413. The second kappa shape index (κ2) is 9.47. The third-order valence-electron chi connectivity index (χ3n) is 4.76. The molecule has 2 aromatic carbocycles. The quantitative estimate of drug-likeness (QED) is 0.671. The Bertz CT molecular complexity index is 617. The number of ether oxygens (including phenoxy) is 1. The van der Waals surface area contributed by atoms with E-state index in [0.29, 0.717) is 11.8 Å². The number of nitrogens with zero attached hydrogens (tertiary/aromatic N) is 1. The van der Waals surface area contributed by atoms with Crippen LogP contribution in [0.2, 0.25) is 0 Å². The average molecular weight is 341 g/mol. The zero-order chi connectivity index (χ0) is 18.2. The Morgan fingerprint density at radius 3 is 2.12 bits per heavy atom. The van der Waals surface area contributed by atoms with E-state index in [4.69, 9.17) is 4.74 Å². The van der Waals surface area contributed by atoms with Gasteiger partial charge in [-0.3, -0.25) is 0 Å². The number of methoxy groups -OCH3 is 1. The van der Waals surface area contributed by atoms with E-state index >= 15 is 0 Å². The van der Waals surface area contributed by atoms with Gasteiger partial charge < -0.3 is 15.0 Å². The topological polar surface area (TPSA) is 24.5 Å². The summed E-state index contributed by atoms with van der Waals surface area (Å²) in [6, 6.07) is 17.3. The highest BCUT2D eigenvalue weighted by molar-refractivity contribution is 5.45. The molecule has 0 fully saturated rings. The third-order valence-corrected chi connectivity index (χ3v) is 4.76. The van der Waals surface area contributed by atoms with Crippen molar-refractivity contribution < 1.29 is 4.74 Å². The molecule has 0 bridgehead atoms. The molecular formula is C22H32N2O. The minimum atomic E-state index is 0.564. The summed E-state index contributed by atoms with van der Waals surface area (Å²) in [6.07, 6.45) is 1.14. The molecule has 0 amide bonds. The van der Waals surface area contributed by atoms with Crippen LogP contribution >= 0.6 is 0 Å². The molecule has 1 N–H and O–H groups in total. The Hall–Kier alpha value is -2.00. The molecule has 136 valence electrons. The molecule has 0 saturated carbocycles. The molecule has 0 aromatic heterocycles. The van der Waals surface area contributed by atoms with Crippen LogP contribution in [0.15, 0.2) is 48.5 Å². The minimum Gasteiger partial charge on any atom is -0.497 e. The van der Waals surface area contributed by atoms with E-state index in [0.717, 1.165) is 25.3 Å². The molecule has 1 atom stereocenters. The maximum atomic E-state index is 5.26. The summed E-state index contributed by atoms with van der Waals surface area (Å²) in [7, 11) is 5.85. The highest BCUT2D eigenvalue weighted by Crippen LogP contribution is 2.28. The van der Waals surface area contributed by atoms with Crippen LogP contribution in [0.25, 0.3) is 0 Å². The van der Waals surface area contributed by atoms with Crippen molar-refractivity contribution in [3.63, 3.8) is 0 Å². The maximum Gasteiger partial charge on any atom is 0.118 e. The summed E-state index contributed by atoms with van der Waals surface area (Å²) in [5, 5.41) is 3.59. The summed E-state index contributed by atoms with van der Waals surface area (Å²) in [6.45, 7) is 6.54. The molecule has 0 aliphatic heterocycles. The van der Waals surface area contributed by atoms with Gasteiger partial charge in [0.1, 0.15) is 5.75 Å². The summed E-state index contributed by atoms with van der Waals surface area (Å²) in [5.74, 6) is 2.11. The highest BCUT2D eigenvalue weighted by atomic mass is 16.5.